The summed E-state index contributed by atoms with van der Waals surface area (Å²) in [6.07, 6.45) is 4.74. The zero-order chi connectivity index (χ0) is 17.2. The molecule has 4 rings (SSSR count). The summed E-state index contributed by atoms with van der Waals surface area (Å²) in [5.74, 6) is 1.42. The molecule has 5 nitrogen and oxygen atoms in total. The molecule has 0 unspecified atom stereocenters. The second kappa shape index (κ2) is 8.42. The Morgan fingerprint density at radius 3 is 2.54 bits per heavy atom. The van der Waals surface area contributed by atoms with Gasteiger partial charge in [-0.25, -0.2) is 0 Å². The standard InChI is InChI=1S/C19H22ClN3O2.ClH/c20-15-5-3-14(4-6-15)18-11-17(22-25-18)19(24)23-9-7-16(8-10-23)21-12-13-1-2-13;/h3-6,11,13,16,21H,1-2,7-10,12H2;1H. The number of carbonyl (C=O) groups excluding carboxylic acids is 1. The highest BCUT2D eigenvalue weighted by molar-refractivity contribution is 6.30. The fourth-order valence-corrected chi connectivity index (χ4v) is 3.36. The lowest BCUT2D eigenvalue weighted by Crippen LogP contribution is -2.45. The van der Waals surface area contributed by atoms with Crippen molar-refractivity contribution in [2.45, 2.75) is 31.7 Å². The Kier molecular flexibility index (Phi) is 6.22. The normalized spacial score (nSPS) is 17.8. The van der Waals surface area contributed by atoms with E-state index in [9.17, 15) is 4.79 Å². The van der Waals surface area contributed by atoms with Gasteiger partial charge in [-0.2, -0.15) is 0 Å². The second-order valence-corrected chi connectivity index (χ2v) is 7.44. The molecule has 1 aromatic heterocycles. The average Bonchev–Trinajstić information content (AvgIpc) is 3.35. The van der Waals surface area contributed by atoms with E-state index < -0.39 is 0 Å². The van der Waals surface area contributed by atoms with Gasteiger partial charge in [0.25, 0.3) is 5.91 Å². The highest BCUT2D eigenvalue weighted by atomic mass is 35.5. The highest BCUT2D eigenvalue weighted by Crippen LogP contribution is 2.28. The Balaban J connectivity index is 0.00000196. The summed E-state index contributed by atoms with van der Waals surface area (Å²) < 4.78 is 5.34. The Bertz CT molecular complexity index is 735. The van der Waals surface area contributed by atoms with E-state index in [4.69, 9.17) is 16.1 Å². The number of hydrogen-bond acceptors (Lipinski definition) is 4. The van der Waals surface area contributed by atoms with Crippen LogP contribution in [0.3, 0.4) is 0 Å². The molecule has 0 spiro atoms. The summed E-state index contributed by atoms with van der Waals surface area (Å²) in [6.45, 7) is 2.67. The van der Waals surface area contributed by atoms with Gasteiger partial charge in [0.1, 0.15) is 0 Å². The van der Waals surface area contributed by atoms with E-state index >= 15 is 0 Å². The molecule has 0 atom stereocenters. The van der Waals surface area contributed by atoms with Gasteiger partial charge in [-0.05, 0) is 62.4 Å². The maximum atomic E-state index is 12.6. The fourth-order valence-electron chi connectivity index (χ4n) is 3.23. The van der Waals surface area contributed by atoms with Crippen LogP contribution in [0.25, 0.3) is 11.3 Å². The van der Waals surface area contributed by atoms with Gasteiger partial charge in [-0.15, -0.1) is 12.4 Å². The fraction of sp³-hybridized carbons (Fsp3) is 0.474. The summed E-state index contributed by atoms with van der Waals surface area (Å²) in [4.78, 5) is 14.5. The molecule has 140 valence electrons. The molecule has 1 aliphatic carbocycles. The molecule has 1 amide bonds. The van der Waals surface area contributed by atoms with Gasteiger partial charge in [-0.1, -0.05) is 16.8 Å². The zero-order valence-electron chi connectivity index (χ0n) is 14.5. The first-order chi connectivity index (χ1) is 12.2. The number of likely N-dealkylation sites (tertiary alicyclic amines) is 1. The minimum absolute atomic E-state index is 0. The van der Waals surface area contributed by atoms with Gasteiger partial charge in [-0.3, -0.25) is 4.79 Å². The summed E-state index contributed by atoms with van der Waals surface area (Å²) in [5, 5.41) is 8.26. The molecular formula is C19H23Cl2N3O2. The highest BCUT2D eigenvalue weighted by Gasteiger charge is 2.27. The number of piperidine rings is 1. The number of nitrogens with zero attached hydrogens (tertiary/aromatic N) is 2. The predicted octanol–water partition coefficient (Wildman–Crippen LogP) is 4.02. The second-order valence-electron chi connectivity index (χ2n) is 7.00. The van der Waals surface area contributed by atoms with Crippen LogP contribution in [-0.2, 0) is 0 Å². The molecule has 0 radical (unpaired) electrons. The first-order valence-electron chi connectivity index (χ1n) is 8.94. The molecule has 1 N–H and O–H groups in total. The van der Waals surface area contributed by atoms with Crippen molar-refractivity contribution in [2.75, 3.05) is 19.6 Å². The van der Waals surface area contributed by atoms with Crippen molar-refractivity contribution in [2.24, 2.45) is 5.92 Å². The monoisotopic (exact) mass is 395 g/mol. The quantitative estimate of drug-likeness (QED) is 0.830. The van der Waals surface area contributed by atoms with E-state index in [0.29, 0.717) is 22.5 Å². The van der Waals surface area contributed by atoms with Crippen molar-refractivity contribution < 1.29 is 9.32 Å². The molecule has 1 aromatic carbocycles. The van der Waals surface area contributed by atoms with Gasteiger partial charge in [0.05, 0.1) is 0 Å². The lowest BCUT2D eigenvalue weighted by molar-refractivity contribution is 0.0694. The molecule has 1 aliphatic heterocycles. The van der Waals surface area contributed by atoms with Crippen LogP contribution in [0.2, 0.25) is 5.02 Å². The van der Waals surface area contributed by atoms with Crippen LogP contribution < -0.4 is 5.32 Å². The molecule has 2 aromatic rings. The number of rotatable bonds is 5. The minimum Gasteiger partial charge on any atom is -0.355 e. The van der Waals surface area contributed by atoms with E-state index in [-0.39, 0.29) is 18.3 Å². The molecule has 1 saturated carbocycles. The molecule has 7 heteroatoms. The van der Waals surface area contributed by atoms with Gasteiger partial charge in [0.15, 0.2) is 11.5 Å². The van der Waals surface area contributed by atoms with E-state index in [1.54, 1.807) is 18.2 Å². The lowest BCUT2D eigenvalue weighted by Gasteiger charge is -2.32. The maximum absolute atomic E-state index is 12.6. The van der Waals surface area contributed by atoms with E-state index in [1.165, 1.54) is 12.8 Å². The summed E-state index contributed by atoms with van der Waals surface area (Å²) >= 11 is 5.90. The van der Waals surface area contributed by atoms with Crippen molar-refractivity contribution in [1.29, 1.82) is 0 Å². The van der Waals surface area contributed by atoms with Crippen molar-refractivity contribution in [3.8, 4) is 11.3 Å². The van der Waals surface area contributed by atoms with Crippen molar-refractivity contribution in [3.05, 3.63) is 41.0 Å². The Labute approximate surface area is 164 Å². The summed E-state index contributed by atoms with van der Waals surface area (Å²) in [6, 6.07) is 9.54. The first kappa shape index (κ1) is 19.2. The van der Waals surface area contributed by atoms with E-state index in [1.807, 2.05) is 17.0 Å². The van der Waals surface area contributed by atoms with Crippen LogP contribution in [0.15, 0.2) is 34.9 Å². The zero-order valence-corrected chi connectivity index (χ0v) is 16.1. The molecule has 26 heavy (non-hydrogen) atoms. The van der Waals surface area contributed by atoms with Crippen LogP contribution in [0.1, 0.15) is 36.2 Å². The summed E-state index contributed by atoms with van der Waals surface area (Å²) in [5.41, 5.74) is 1.23. The predicted molar refractivity (Wildman–Crippen MR) is 104 cm³/mol. The number of nitrogens with one attached hydrogen (secondary N) is 1. The van der Waals surface area contributed by atoms with E-state index in [0.717, 1.165) is 44.0 Å². The number of benzene rings is 1. The molecule has 1 saturated heterocycles. The Hall–Kier alpha value is -1.56. The Morgan fingerprint density at radius 1 is 1.19 bits per heavy atom. The topological polar surface area (TPSA) is 58.4 Å². The number of hydrogen-bond donors (Lipinski definition) is 1. The van der Waals surface area contributed by atoms with Crippen LogP contribution in [0, 0.1) is 5.92 Å². The van der Waals surface area contributed by atoms with E-state index in [2.05, 4.69) is 10.5 Å². The van der Waals surface area contributed by atoms with Gasteiger partial charge >= 0.3 is 0 Å². The Morgan fingerprint density at radius 2 is 1.88 bits per heavy atom. The molecule has 2 heterocycles. The maximum Gasteiger partial charge on any atom is 0.276 e. The van der Waals surface area contributed by atoms with Gasteiger partial charge in [0, 0.05) is 35.8 Å². The largest absolute Gasteiger partial charge is 0.355 e. The minimum atomic E-state index is -0.0513. The lowest BCUT2D eigenvalue weighted by atomic mass is 10.0. The first-order valence-corrected chi connectivity index (χ1v) is 9.32. The number of carbonyl (C=O) groups is 1. The number of halogens is 2. The molecular weight excluding hydrogens is 373 g/mol. The molecule has 2 aliphatic rings. The van der Waals surface area contributed by atoms with Crippen molar-refractivity contribution in [3.63, 3.8) is 0 Å². The van der Waals surface area contributed by atoms with Crippen molar-refractivity contribution in [1.82, 2.24) is 15.4 Å². The smallest absolute Gasteiger partial charge is 0.276 e. The van der Waals surface area contributed by atoms with Gasteiger partial charge in [0.2, 0.25) is 0 Å². The number of aromatic nitrogens is 1. The van der Waals surface area contributed by atoms with Crippen LogP contribution in [0.4, 0.5) is 0 Å². The third kappa shape index (κ3) is 4.58. The molecule has 0 bridgehead atoms. The van der Waals surface area contributed by atoms with Crippen molar-refractivity contribution >= 4 is 29.9 Å². The number of amides is 1. The average molecular weight is 396 g/mol. The SMILES string of the molecule is Cl.O=C(c1cc(-c2ccc(Cl)cc2)on1)N1CCC(NCC2CC2)CC1. The third-order valence-electron chi connectivity index (χ3n) is 5.03. The van der Waals surface area contributed by atoms with Crippen LogP contribution in [0.5, 0.6) is 0 Å². The summed E-state index contributed by atoms with van der Waals surface area (Å²) in [7, 11) is 0. The molecule has 2 fully saturated rings. The third-order valence-corrected chi connectivity index (χ3v) is 5.28. The van der Waals surface area contributed by atoms with Gasteiger partial charge < -0.3 is 14.7 Å². The van der Waals surface area contributed by atoms with Crippen LogP contribution in [-0.4, -0.2) is 41.6 Å². The van der Waals surface area contributed by atoms with Crippen LogP contribution >= 0.6 is 24.0 Å².